The van der Waals surface area contributed by atoms with Gasteiger partial charge in [-0.25, -0.2) is 0 Å². The average Bonchev–Trinajstić information content (AvgIpc) is 2.86. The fourth-order valence-corrected chi connectivity index (χ4v) is 2.07. The minimum Gasteiger partial charge on any atom is -0.397 e. The summed E-state index contributed by atoms with van der Waals surface area (Å²) in [5, 5.41) is 10.2. The molecule has 1 amide bonds. The maximum Gasteiger partial charge on any atom is 0.251 e. The second kappa shape index (κ2) is 6.78. The van der Waals surface area contributed by atoms with Gasteiger partial charge in [-0.05, 0) is 37.1 Å². The van der Waals surface area contributed by atoms with E-state index >= 15 is 0 Å². The topological polar surface area (TPSA) is 85.0 Å². The van der Waals surface area contributed by atoms with E-state index in [2.05, 4.69) is 15.7 Å². The Balaban J connectivity index is 1.93. The largest absolute Gasteiger partial charge is 0.397 e. The lowest BCUT2D eigenvalue weighted by Crippen LogP contribution is -2.22. The van der Waals surface area contributed by atoms with E-state index in [-0.39, 0.29) is 5.91 Å². The molecule has 0 aliphatic carbocycles. The number of aromatic nitrogens is 2. The van der Waals surface area contributed by atoms with Crippen LogP contribution in [0, 0.1) is 0 Å². The summed E-state index contributed by atoms with van der Waals surface area (Å²) in [4.78, 5) is 11.7. The standard InChI is InChI=1S/C15H21N5O/c1-3-17-15(21)12-4-5-14(13(16)8-12)18-7-6-11-9-19-20(2)10-11/h4-5,8-10,18H,3,6-7,16H2,1-2H3,(H,17,21). The first-order chi connectivity index (χ1) is 10.1. The van der Waals surface area contributed by atoms with Gasteiger partial charge in [0.25, 0.3) is 5.91 Å². The molecule has 0 spiro atoms. The lowest BCUT2D eigenvalue weighted by atomic mass is 10.1. The van der Waals surface area contributed by atoms with E-state index in [0.29, 0.717) is 17.8 Å². The molecule has 0 bridgehead atoms. The number of carbonyl (C=O) groups is 1. The van der Waals surface area contributed by atoms with Crippen molar-refractivity contribution in [1.82, 2.24) is 15.1 Å². The number of aryl methyl sites for hydroxylation is 1. The predicted molar refractivity (Wildman–Crippen MR) is 84.3 cm³/mol. The summed E-state index contributed by atoms with van der Waals surface area (Å²) in [6, 6.07) is 5.30. The third-order valence-corrected chi connectivity index (χ3v) is 3.14. The predicted octanol–water partition coefficient (Wildman–Crippen LogP) is 1.41. The van der Waals surface area contributed by atoms with Crippen molar-refractivity contribution in [2.75, 3.05) is 24.1 Å². The van der Waals surface area contributed by atoms with Crippen LogP contribution in [0.1, 0.15) is 22.8 Å². The van der Waals surface area contributed by atoms with Gasteiger partial charge in [-0.3, -0.25) is 9.48 Å². The number of nitrogens with one attached hydrogen (secondary N) is 2. The second-order valence-electron chi connectivity index (χ2n) is 4.86. The van der Waals surface area contributed by atoms with Crippen LogP contribution >= 0.6 is 0 Å². The van der Waals surface area contributed by atoms with Crippen LogP contribution in [0.5, 0.6) is 0 Å². The van der Waals surface area contributed by atoms with Crippen molar-refractivity contribution < 1.29 is 4.79 Å². The zero-order valence-corrected chi connectivity index (χ0v) is 12.4. The van der Waals surface area contributed by atoms with Crippen molar-refractivity contribution in [2.45, 2.75) is 13.3 Å². The minimum absolute atomic E-state index is 0.105. The van der Waals surface area contributed by atoms with Gasteiger partial charge >= 0.3 is 0 Å². The fourth-order valence-electron chi connectivity index (χ4n) is 2.07. The van der Waals surface area contributed by atoms with Crippen LogP contribution in [0.25, 0.3) is 0 Å². The van der Waals surface area contributed by atoms with E-state index in [1.54, 1.807) is 16.8 Å². The highest BCUT2D eigenvalue weighted by molar-refractivity contribution is 5.96. The molecule has 1 aromatic carbocycles. The van der Waals surface area contributed by atoms with Crippen molar-refractivity contribution in [2.24, 2.45) is 7.05 Å². The molecule has 0 fully saturated rings. The van der Waals surface area contributed by atoms with Crippen molar-refractivity contribution in [1.29, 1.82) is 0 Å². The number of rotatable bonds is 6. The summed E-state index contributed by atoms with van der Waals surface area (Å²) >= 11 is 0. The molecule has 6 heteroatoms. The Morgan fingerprint density at radius 2 is 2.24 bits per heavy atom. The van der Waals surface area contributed by atoms with Crippen molar-refractivity contribution in [3.05, 3.63) is 41.7 Å². The van der Waals surface area contributed by atoms with Crippen LogP contribution in [0.2, 0.25) is 0 Å². The molecule has 0 aliphatic rings. The van der Waals surface area contributed by atoms with Gasteiger partial charge in [0.05, 0.1) is 17.6 Å². The van der Waals surface area contributed by atoms with Crippen molar-refractivity contribution in [3.63, 3.8) is 0 Å². The Bertz CT molecular complexity index is 620. The first-order valence-corrected chi connectivity index (χ1v) is 6.99. The number of hydrogen-bond donors (Lipinski definition) is 3. The van der Waals surface area contributed by atoms with Crippen molar-refractivity contribution in [3.8, 4) is 0 Å². The SMILES string of the molecule is CCNC(=O)c1ccc(NCCc2cnn(C)c2)c(N)c1. The van der Waals surface area contributed by atoms with Crippen LogP contribution in [0.3, 0.4) is 0 Å². The van der Waals surface area contributed by atoms with E-state index in [4.69, 9.17) is 5.73 Å². The van der Waals surface area contributed by atoms with Gasteiger partial charge in [0, 0.05) is 31.9 Å². The van der Waals surface area contributed by atoms with Gasteiger partial charge in [-0.1, -0.05) is 0 Å². The fraction of sp³-hybridized carbons (Fsp3) is 0.333. The molecule has 112 valence electrons. The van der Waals surface area contributed by atoms with E-state index < -0.39 is 0 Å². The molecule has 4 N–H and O–H groups in total. The molecule has 0 aliphatic heterocycles. The highest BCUT2D eigenvalue weighted by Gasteiger charge is 2.07. The molecule has 2 rings (SSSR count). The summed E-state index contributed by atoms with van der Waals surface area (Å²) in [5.41, 5.74) is 9.14. The molecular formula is C15H21N5O. The molecular weight excluding hydrogens is 266 g/mol. The van der Waals surface area contributed by atoms with Crippen LogP contribution in [-0.2, 0) is 13.5 Å². The number of nitrogens with two attached hydrogens (primary N) is 1. The first kappa shape index (κ1) is 14.9. The average molecular weight is 287 g/mol. The third-order valence-electron chi connectivity index (χ3n) is 3.14. The van der Waals surface area contributed by atoms with Crippen LogP contribution in [0.15, 0.2) is 30.6 Å². The van der Waals surface area contributed by atoms with E-state index in [1.165, 1.54) is 5.56 Å². The minimum atomic E-state index is -0.105. The second-order valence-corrected chi connectivity index (χ2v) is 4.86. The number of hydrogen-bond acceptors (Lipinski definition) is 4. The highest BCUT2D eigenvalue weighted by atomic mass is 16.1. The Morgan fingerprint density at radius 3 is 2.86 bits per heavy atom. The number of nitrogen functional groups attached to an aromatic ring is 1. The maximum absolute atomic E-state index is 11.7. The van der Waals surface area contributed by atoms with Crippen LogP contribution in [0.4, 0.5) is 11.4 Å². The quantitative estimate of drug-likeness (QED) is 0.701. The monoisotopic (exact) mass is 287 g/mol. The molecule has 6 nitrogen and oxygen atoms in total. The maximum atomic E-state index is 11.7. The molecule has 0 saturated heterocycles. The molecule has 1 heterocycles. The van der Waals surface area contributed by atoms with Gasteiger partial charge < -0.3 is 16.4 Å². The zero-order valence-electron chi connectivity index (χ0n) is 12.4. The Morgan fingerprint density at radius 1 is 1.43 bits per heavy atom. The van der Waals surface area contributed by atoms with Crippen LogP contribution < -0.4 is 16.4 Å². The lowest BCUT2D eigenvalue weighted by molar-refractivity contribution is 0.0956. The Labute approximate surface area is 124 Å². The molecule has 0 saturated carbocycles. The molecule has 2 aromatic rings. The van der Waals surface area contributed by atoms with Gasteiger partial charge in [0.2, 0.25) is 0 Å². The lowest BCUT2D eigenvalue weighted by Gasteiger charge is -2.10. The summed E-state index contributed by atoms with van der Waals surface area (Å²) in [5.74, 6) is -0.105. The van der Waals surface area contributed by atoms with Crippen LogP contribution in [-0.4, -0.2) is 28.8 Å². The van der Waals surface area contributed by atoms with Crippen molar-refractivity contribution >= 4 is 17.3 Å². The Hall–Kier alpha value is -2.50. The van der Waals surface area contributed by atoms with E-state index in [0.717, 1.165) is 18.7 Å². The molecule has 21 heavy (non-hydrogen) atoms. The number of amides is 1. The molecule has 1 aromatic heterocycles. The zero-order chi connectivity index (χ0) is 15.2. The summed E-state index contributed by atoms with van der Waals surface area (Å²) in [7, 11) is 1.90. The highest BCUT2D eigenvalue weighted by Crippen LogP contribution is 2.19. The van der Waals surface area contributed by atoms with E-state index in [9.17, 15) is 4.79 Å². The summed E-state index contributed by atoms with van der Waals surface area (Å²) in [6.07, 6.45) is 4.71. The number of anilines is 2. The normalized spacial score (nSPS) is 10.4. The Kier molecular flexibility index (Phi) is 4.81. The number of benzene rings is 1. The third kappa shape index (κ3) is 3.98. The molecule has 0 atom stereocenters. The molecule has 0 radical (unpaired) electrons. The van der Waals surface area contributed by atoms with Gasteiger partial charge in [0.15, 0.2) is 0 Å². The van der Waals surface area contributed by atoms with Gasteiger partial charge in [-0.2, -0.15) is 5.10 Å². The summed E-state index contributed by atoms with van der Waals surface area (Å²) in [6.45, 7) is 3.25. The number of nitrogens with zero attached hydrogens (tertiary/aromatic N) is 2. The molecule has 0 unspecified atom stereocenters. The smallest absolute Gasteiger partial charge is 0.251 e. The van der Waals surface area contributed by atoms with Gasteiger partial charge in [-0.15, -0.1) is 0 Å². The summed E-state index contributed by atoms with van der Waals surface area (Å²) < 4.78 is 1.78. The van der Waals surface area contributed by atoms with E-state index in [1.807, 2.05) is 32.4 Å². The number of carbonyl (C=O) groups excluding carboxylic acids is 1. The first-order valence-electron chi connectivity index (χ1n) is 6.99. The van der Waals surface area contributed by atoms with Gasteiger partial charge in [0.1, 0.15) is 0 Å².